The standard InChI is InChI=1S/C14H29N3O2/c1-4-7-16-14(2,13(15)18)6-9-17-8-5-12(10-17)11-19-3/h12,16H,4-11H2,1-3H3,(H2,15,18). The van der Waals surface area contributed by atoms with Crippen molar-refractivity contribution in [3.05, 3.63) is 0 Å². The Morgan fingerprint density at radius 3 is 2.89 bits per heavy atom. The minimum atomic E-state index is -0.588. The quantitative estimate of drug-likeness (QED) is 0.644. The van der Waals surface area contributed by atoms with Crippen molar-refractivity contribution in [3.8, 4) is 0 Å². The molecule has 0 spiro atoms. The van der Waals surface area contributed by atoms with Crippen LogP contribution in [0.3, 0.4) is 0 Å². The molecule has 0 radical (unpaired) electrons. The first-order valence-corrected chi connectivity index (χ1v) is 7.28. The Morgan fingerprint density at radius 2 is 2.32 bits per heavy atom. The zero-order valence-electron chi connectivity index (χ0n) is 12.6. The van der Waals surface area contributed by atoms with Crippen LogP contribution in [-0.4, -0.2) is 56.2 Å². The topological polar surface area (TPSA) is 67.6 Å². The summed E-state index contributed by atoms with van der Waals surface area (Å²) >= 11 is 0. The fraction of sp³-hybridized carbons (Fsp3) is 0.929. The number of primary amides is 1. The van der Waals surface area contributed by atoms with Crippen molar-refractivity contribution in [1.82, 2.24) is 10.2 Å². The van der Waals surface area contributed by atoms with Crippen LogP contribution in [0, 0.1) is 5.92 Å². The van der Waals surface area contributed by atoms with E-state index in [9.17, 15) is 4.79 Å². The highest BCUT2D eigenvalue weighted by Crippen LogP contribution is 2.18. The molecule has 1 aliphatic rings. The van der Waals surface area contributed by atoms with Gasteiger partial charge < -0.3 is 20.7 Å². The number of amides is 1. The average Bonchev–Trinajstić information content (AvgIpc) is 2.82. The third-order valence-electron chi connectivity index (χ3n) is 4.01. The number of nitrogens with two attached hydrogens (primary N) is 1. The van der Waals surface area contributed by atoms with Crippen molar-refractivity contribution in [1.29, 1.82) is 0 Å². The summed E-state index contributed by atoms with van der Waals surface area (Å²) < 4.78 is 5.20. The van der Waals surface area contributed by atoms with Gasteiger partial charge in [-0.3, -0.25) is 4.79 Å². The monoisotopic (exact) mass is 271 g/mol. The minimum Gasteiger partial charge on any atom is -0.384 e. The average molecular weight is 271 g/mol. The summed E-state index contributed by atoms with van der Waals surface area (Å²) in [5.74, 6) is 0.377. The zero-order chi connectivity index (χ0) is 14.3. The molecule has 2 unspecified atom stereocenters. The van der Waals surface area contributed by atoms with E-state index in [1.54, 1.807) is 7.11 Å². The van der Waals surface area contributed by atoms with Crippen molar-refractivity contribution >= 4 is 5.91 Å². The van der Waals surface area contributed by atoms with Gasteiger partial charge in [0.1, 0.15) is 0 Å². The molecule has 0 aromatic heterocycles. The maximum atomic E-state index is 11.6. The maximum Gasteiger partial charge on any atom is 0.237 e. The van der Waals surface area contributed by atoms with Gasteiger partial charge in [-0.05, 0) is 45.2 Å². The number of hydrogen-bond donors (Lipinski definition) is 2. The predicted molar refractivity (Wildman–Crippen MR) is 76.9 cm³/mol. The van der Waals surface area contributed by atoms with Gasteiger partial charge >= 0.3 is 0 Å². The fourth-order valence-electron chi connectivity index (χ4n) is 2.57. The smallest absolute Gasteiger partial charge is 0.237 e. The SMILES string of the molecule is CCCNC(C)(CCN1CCC(COC)C1)C(N)=O. The molecule has 1 aliphatic heterocycles. The number of hydrogen-bond acceptors (Lipinski definition) is 4. The van der Waals surface area contributed by atoms with Gasteiger partial charge in [0.15, 0.2) is 0 Å². The first-order chi connectivity index (χ1) is 9.01. The summed E-state index contributed by atoms with van der Waals surface area (Å²) in [5, 5.41) is 3.28. The maximum absolute atomic E-state index is 11.6. The molecular formula is C14H29N3O2. The summed E-state index contributed by atoms with van der Waals surface area (Å²) in [6.07, 6.45) is 2.95. The van der Waals surface area contributed by atoms with E-state index in [1.807, 2.05) is 6.92 Å². The molecule has 1 rings (SSSR count). The Bertz CT molecular complexity index is 286. The van der Waals surface area contributed by atoms with Crippen molar-refractivity contribution in [2.24, 2.45) is 11.7 Å². The number of rotatable bonds is 9. The predicted octanol–water partition coefficient (Wildman–Crippen LogP) is 0.588. The molecule has 3 N–H and O–H groups in total. The Balaban J connectivity index is 2.38. The molecule has 0 saturated carbocycles. The third-order valence-corrected chi connectivity index (χ3v) is 4.01. The van der Waals surface area contributed by atoms with Gasteiger partial charge in [0.25, 0.3) is 0 Å². The molecule has 0 bridgehead atoms. The van der Waals surface area contributed by atoms with E-state index in [0.29, 0.717) is 5.92 Å². The van der Waals surface area contributed by atoms with E-state index >= 15 is 0 Å². The van der Waals surface area contributed by atoms with E-state index in [4.69, 9.17) is 10.5 Å². The number of carbonyl (C=O) groups is 1. The molecule has 0 aromatic carbocycles. The van der Waals surface area contributed by atoms with Crippen LogP contribution >= 0.6 is 0 Å². The van der Waals surface area contributed by atoms with E-state index in [2.05, 4.69) is 17.1 Å². The lowest BCUT2D eigenvalue weighted by Crippen LogP contribution is -2.54. The number of carbonyl (C=O) groups excluding carboxylic acids is 1. The van der Waals surface area contributed by atoms with Gasteiger partial charge in [0, 0.05) is 20.2 Å². The van der Waals surface area contributed by atoms with Gasteiger partial charge in [0.05, 0.1) is 12.1 Å². The van der Waals surface area contributed by atoms with Gasteiger partial charge in [-0.1, -0.05) is 6.92 Å². The Kier molecular flexibility index (Phi) is 6.75. The van der Waals surface area contributed by atoms with E-state index in [1.165, 1.54) is 6.42 Å². The van der Waals surface area contributed by atoms with Crippen molar-refractivity contribution < 1.29 is 9.53 Å². The van der Waals surface area contributed by atoms with Crippen LogP contribution in [0.25, 0.3) is 0 Å². The highest BCUT2D eigenvalue weighted by atomic mass is 16.5. The third kappa shape index (κ3) is 5.09. The van der Waals surface area contributed by atoms with Crippen LogP contribution in [0.15, 0.2) is 0 Å². The van der Waals surface area contributed by atoms with Gasteiger partial charge in [-0.2, -0.15) is 0 Å². The van der Waals surface area contributed by atoms with Crippen LogP contribution in [0.2, 0.25) is 0 Å². The van der Waals surface area contributed by atoms with Crippen LogP contribution in [0.5, 0.6) is 0 Å². The summed E-state index contributed by atoms with van der Waals surface area (Å²) in [6.45, 7) is 8.73. The number of methoxy groups -OCH3 is 1. The van der Waals surface area contributed by atoms with Crippen molar-refractivity contribution in [3.63, 3.8) is 0 Å². The van der Waals surface area contributed by atoms with Crippen LogP contribution in [0.4, 0.5) is 0 Å². The van der Waals surface area contributed by atoms with Crippen molar-refractivity contribution in [2.75, 3.05) is 39.9 Å². The Labute approximate surface area is 116 Å². The second-order valence-electron chi connectivity index (χ2n) is 5.78. The number of ether oxygens (including phenoxy) is 1. The second kappa shape index (κ2) is 7.82. The fourth-order valence-corrected chi connectivity index (χ4v) is 2.57. The molecule has 1 saturated heterocycles. The normalized spacial score (nSPS) is 23.4. The number of nitrogens with one attached hydrogen (secondary N) is 1. The molecule has 0 aliphatic carbocycles. The Morgan fingerprint density at radius 1 is 1.58 bits per heavy atom. The molecule has 1 amide bonds. The molecule has 0 aromatic rings. The van der Waals surface area contributed by atoms with Gasteiger partial charge in [0.2, 0.25) is 5.91 Å². The molecule has 5 nitrogen and oxygen atoms in total. The minimum absolute atomic E-state index is 0.256. The molecule has 2 atom stereocenters. The highest BCUT2D eigenvalue weighted by Gasteiger charge is 2.31. The van der Waals surface area contributed by atoms with E-state index < -0.39 is 5.54 Å². The molecule has 1 heterocycles. The van der Waals surface area contributed by atoms with Gasteiger partial charge in [-0.25, -0.2) is 0 Å². The second-order valence-corrected chi connectivity index (χ2v) is 5.78. The lowest BCUT2D eigenvalue weighted by molar-refractivity contribution is -0.124. The summed E-state index contributed by atoms with van der Waals surface area (Å²) in [7, 11) is 1.75. The van der Waals surface area contributed by atoms with E-state index in [0.717, 1.165) is 45.6 Å². The molecule has 1 fully saturated rings. The summed E-state index contributed by atoms with van der Waals surface area (Å²) in [4.78, 5) is 14.0. The number of nitrogens with zero attached hydrogens (tertiary/aromatic N) is 1. The van der Waals surface area contributed by atoms with Crippen LogP contribution < -0.4 is 11.1 Å². The van der Waals surface area contributed by atoms with E-state index in [-0.39, 0.29) is 5.91 Å². The summed E-state index contributed by atoms with van der Waals surface area (Å²) in [6, 6.07) is 0. The lowest BCUT2D eigenvalue weighted by atomic mass is 9.96. The largest absolute Gasteiger partial charge is 0.384 e. The lowest BCUT2D eigenvalue weighted by Gasteiger charge is -2.29. The molecule has 5 heteroatoms. The zero-order valence-corrected chi connectivity index (χ0v) is 12.6. The van der Waals surface area contributed by atoms with Crippen LogP contribution in [0.1, 0.15) is 33.1 Å². The first kappa shape index (κ1) is 16.4. The number of likely N-dealkylation sites (tertiary alicyclic amines) is 1. The molecule has 112 valence electrons. The van der Waals surface area contributed by atoms with Crippen LogP contribution in [-0.2, 0) is 9.53 Å². The van der Waals surface area contributed by atoms with Gasteiger partial charge in [-0.15, -0.1) is 0 Å². The Hall–Kier alpha value is -0.650. The van der Waals surface area contributed by atoms with Crippen molar-refractivity contribution in [2.45, 2.75) is 38.6 Å². The highest BCUT2D eigenvalue weighted by molar-refractivity contribution is 5.84. The first-order valence-electron chi connectivity index (χ1n) is 7.28. The summed E-state index contributed by atoms with van der Waals surface area (Å²) in [5.41, 5.74) is 4.94. The molecular weight excluding hydrogens is 242 g/mol. The molecule has 19 heavy (non-hydrogen) atoms.